The fourth-order valence-corrected chi connectivity index (χ4v) is 2.03. The molecule has 15 heavy (non-hydrogen) atoms. The Kier molecular flexibility index (Phi) is 5.99. The summed E-state index contributed by atoms with van der Waals surface area (Å²) in [7, 11) is 0. The summed E-state index contributed by atoms with van der Waals surface area (Å²) in [5.41, 5.74) is 7.72. The van der Waals surface area contributed by atoms with Gasteiger partial charge in [-0.25, -0.2) is 0 Å². The summed E-state index contributed by atoms with van der Waals surface area (Å²) >= 11 is 1.97. The molecule has 1 aromatic carbocycles. The molecule has 0 spiro atoms. The van der Waals surface area contributed by atoms with E-state index >= 15 is 0 Å². The van der Waals surface area contributed by atoms with Gasteiger partial charge < -0.3 is 5.73 Å². The zero-order chi connectivity index (χ0) is 10.9. The molecular weight excluding hydrogens is 202 g/mol. The maximum absolute atomic E-state index is 5.31. The largest absolute Gasteiger partial charge is 0.320 e. The fourth-order valence-electron chi connectivity index (χ4n) is 1.17. The van der Waals surface area contributed by atoms with Gasteiger partial charge in [-0.15, -0.1) is 0 Å². The van der Waals surface area contributed by atoms with E-state index in [1.807, 2.05) is 11.8 Å². The average Bonchev–Trinajstić information content (AvgIpc) is 2.28. The van der Waals surface area contributed by atoms with Crippen LogP contribution >= 0.6 is 11.8 Å². The van der Waals surface area contributed by atoms with Crippen LogP contribution in [0.1, 0.15) is 24.5 Å². The van der Waals surface area contributed by atoms with Crippen molar-refractivity contribution in [3.8, 4) is 11.8 Å². The van der Waals surface area contributed by atoms with E-state index < -0.39 is 0 Å². The highest BCUT2D eigenvalue weighted by Gasteiger charge is 1.92. The second-order valence-electron chi connectivity index (χ2n) is 3.26. The Labute approximate surface area is 96.4 Å². The predicted octanol–water partition coefficient (Wildman–Crippen LogP) is 2.64. The van der Waals surface area contributed by atoms with Gasteiger partial charge in [0.2, 0.25) is 0 Å². The first-order valence-corrected chi connectivity index (χ1v) is 6.38. The Balaban J connectivity index is 2.49. The number of benzene rings is 1. The van der Waals surface area contributed by atoms with Crippen LogP contribution in [-0.4, -0.2) is 12.3 Å². The Morgan fingerprint density at radius 1 is 1.27 bits per heavy atom. The molecule has 80 valence electrons. The van der Waals surface area contributed by atoms with E-state index in [2.05, 4.69) is 43.0 Å². The lowest BCUT2D eigenvalue weighted by Crippen LogP contribution is -1.93. The van der Waals surface area contributed by atoms with Crippen LogP contribution in [0.4, 0.5) is 0 Å². The minimum Gasteiger partial charge on any atom is -0.320 e. The highest BCUT2D eigenvalue weighted by atomic mass is 32.2. The van der Waals surface area contributed by atoms with Crippen LogP contribution in [0.3, 0.4) is 0 Å². The third-order valence-corrected chi connectivity index (χ3v) is 3.14. The van der Waals surface area contributed by atoms with Gasteiger partial charge in [-0.3, -0.25) is 0 Å². The number of thioether (sulfide) groups is 1. The van der Waals surface area contributed by atoms with Crippen LogP contribution in [-0.2, 0) is 5.75 Å². The monoisotopic (exact) mass is 219 g/mol. The molecule has 0 fully saturated rings. The Morgan fingerprint density at radius 2 is 2.00 bits per heavy atom. The molecule has 0 saturated carbocycles. The Morgan fingerprint density at radius 3 is 2.60 bits per heavy atom. The normalized spacial score (nSPS) is 9.47. The minimum absolute atomic E-state index is 0.425. The van der Waals surface area contributed by atoms with Gasteiger partial charge in [0.1, 0.15) is 0 Å². The van der Waals surface area contributed by atoms with Crippen molar-refractivity contribution in [3.05, 3.63) is 35.4 Å². The fraction of sp³-hybridized carbons (Fsp3) is 0.385. The maximum atomic E-state index is 5.31. The summed E-state index contributed by atoms with van der Waals surface area (Å²) in [5, 5.41) is 0. The SMILES string of the molecule is CCCSCc1ccc(C#CCN)cc1. The molecule has 0 aromatic heterocycles. The van der Waals surface area contributed by atoms with E-state index in [1.54, 1.807) is 0 Å². The summed E-state index contributed by atoms with van der Waals surface area (Å²) in [5.74, 6) is 8.19. The summed E-state index contributed by atoms with van der Waals surface area (Å²) in [6.07, 6.45) is 1.24. The molecule has 1 nitrogen and oxygen atoms in total. The molecule has 0 bridgehead atoms. The second kappa shape index (κ2) is 7.39. The molecule has 0 aliphatic heterocycles. The zero-order valence-electron chi connectivity index (χ0n) is 9.12. The van der Waals surface area contributed by atoms with Crippen molar-refractivity contribution < 1.29 is 0 Å². The molecule has 0 aliphatic rings. The first-order valence-electron chi connectivity index (χ1n) is 5.22. The summed E-state index contributed by atoms with van der Waals surface area (Å²) in [6, 6.07) is 8.40. The molecule has 0 saturated heterocycles. The van der Waals surface area contributed by atoms with Crippen LogP contribution in [0.25, 0.3) is 0 Å². The second-order valence-corrected chi connectivity index (χ2v) is 4.36. The molecule has 0 unspecified atom stereocenters. The topological polar surface area (TPSA) is 26.0 Å². The van der Waals surface area contributed by atoms with Crippen molar-refractivity contribution in [2.45, 2.75) is 19.1 Å². The van der Waals surface area contributed by atoms with Gasteiger partial charge in [0.05, 0.1) is 6.54 Å². The highest BCUT2D eigenvalue weighted by molar-refractivity contribution is 7.98. The first-order chi connectivity index (χ1) is 7.36. The van der Waals surface area contributed by atoms with Crippen LogP contribution in [0.2, 0.25) is 0 Å². The van der Waals surface area contributed by atoms with Gasteiger partial charge in [-0.05, 0) is 29.9 Å². The van der Waals surface area contributed by atoms with Gasteiger partial charge in [-0.2, -0.15) is 11.8 Å². The van der Waals surface area contributed by atoms with Crippen molar-refractivity contribution in [2.24, 2.45) is 5.73 Å². The lowest BCUT2D eigenvalue weighted by molar-refractivity contribution is 1.10. The summed E-state index contributed by atoms with van der Waals surface area (Å²) < 4.78 is 0. The van der Waals surface area contributed by atoms with Gasteiger partial charge in [0.15, 0.2) is 0 Å². The van der Waals surface area contributed by atoms with Crippen molar-refractivity contribution >= 4 is 11.8 Å². The van der Waals surface area contributed by atoms with Gasteiger partial charge >= 0.3 is 0 Å². The molecule has 0 radical (unpaired) electrons. The van der Waals surface area contributed by atoms with E-state index in [4.69, 9.17) is 5.73 Å². The van der Waals surface area contributed by atoms with Gasteiger partial charge in [0.25, 0.3) is 0 Å². The van der Waals surface area contributed by atoms with E-state index in [0.29, 0.717) is 6.54 Å². The zero-order valence-corrected chi connectivity index (χ0v) is 9.94. The smallest absolute Gasteiger partial charge is 0.0555 e. The summed E-state index contributed by atoms with van der Waals surface area (Å²) in [4.78, 5) is 0. The first kappa shape index (κ1) is 12.2. The predicted molar refractivity (Wildman–Crippen MR) is 68.8 cm³/mol. The third kappa shape index (κ3) is 4.92. The molecule has 0 aliphatic carbocycles. The van der Waals surface area contributed by atoms with Gasteiger partial charge in [-0.1, -0.05) is 30.9 Å². The number of hydrogen-bond acceptors (Lipinski definition) is 2. The molecule has 0 amide bonds. The maximum Gasteiger partial charge on any atom is 0.0555 e. The van der Waals surface area contributed by atoms with Crippen molar-refractivity contribution in [1.29, 1.82) is 0 Å². The quantitative estimate of drug-likeness (QED) is 0.622. The number of hydrogen-bond donors (Lipinski definition) is 1. The lowest BCUT2D eigenvalue weighted by Gasteiger charge is -2.00. The van der Waals surface area contributed by atoms with E-state index in [-0.39, 0.29) is 0 Å². The van der Waals surface area contributed by atoms with E-state index in [1.165, 1.54) is 17.7 Å². The van der Waals surface area contributed by atoms with Crippen LogP contribution in [0.15, 0.2) is 24.3 Å². The van der Waals surface area contributed by atoms with Crippen molar-refractivity contribution in [2.75, 3.05) is 12.3 Å². The molecule has 0 heterocycles. The summed E-state index contributed by atoms with van der Waals surface area (Å²) in [6.45, 7) is 2.63. The molecule has 1 aromatic rings. The van der Waals surface area contributed by atoms with Crippen molar-refractivity contribution in [3.63, 3.8) is 0 Å². The van der Waals surface area contributed by atoms with E-state index in [0.717, 1.165) is 11.3 Å². The van der Waals surface area contributed by atoms with Crippen LogP contribution in [0.5, 0.6) is 0 Å². The molecule has 0 atom stereocenters. The standard InChI is InChI=1S/C13H17NS/c1-2-10-15-11-13-7-5-12(6-8-13)4-3-9-14/h5-8H,2,9-11,14H2,1H3. The molecule has 2 heteroatoms. The minimum atomic E-state index is 0.425. The average molecular weight is 219 g/mol. The van der Waals surface area contributed by atoms with E-state index in [9.17, 15) is 0 Å². The van der Waals surface area contributed by atoms with Gasteiger partial charge in [0, 0.05) is 11.3 Å². The Bertz CT molecular complexity index is 332. The number of nitrogens with two attached hydrogens (primary N) is 1. The molecule has 1 rings (SSSR count). The van der Waals surface area contributed by atoms with Crippen LogP contribution < -0.4 is 5.73 Å². The lowest BCUT2D eigenvalue weighted by atomic mass is 10.1. The Hall–Kier alpha value is -0.910. The highest BCUT2D eigenvalue weighted by Crippen LogP contribution is 2.13. The van der Waals surface area contributed by atoms with Crippen molar-refractivity contribution in [1.82, 2.24) is 0 Å². The molecule has 2 N–H and O–H groups in total. The number of rotatable bonds is 4. The van der Waals surface area contributed by atoms with Crippen LogP contribution in [0, 0.1) is 11.8 Å². The molecular formula is C13H17NS. The third-order valence-electron chi connectivity index (χ3n) is 1.91.